The summed E-state index contributed by atoms with van der Waals surface area (Å²) in [6, 6.07) is 5.47. The van der Waals surface area contributed by atoms with Crippen LogP contribution in [0.25, 0.3) is 5.69 Å². The van der Waals surface area contributed by atoms with Gasteiger partial charge >= 0.3 is 11.9 Å². The summed E-state index contributed by atoms with van der Waals surface area (Å²) in [5.41, 5.74) is -2.81. The standard InChI is InChI=1S/C10H4Cl2F3N3O2/c11-5-1-3-6(4-2-5)17-9(12)7(18(19)20)8(16-17)10(13,14)15/h1-4H. The molecule has 0 saturated heterocycles. The lowest BCUT2D eigenvalue weighted by molar-refractivity contribution is -0.388. The van der Waals surface area contributed by atoms with Crippen molar-refractivity contribution in [3.63, 3.8) is 0 Å². The van der Waals surface area contributed by atoms with E-state index in [1.807, 2.05) is 0 Å². The number of benzene rings is 1. The van der Waals surface area contributed by atoms with Gasteiger partial charge in [0.2, 0.25) is 10.8 Å². The molecule has 0 aliphatic rings. The molecule has 0 fully saturated rings. The molecule has 0 aliphatic carbocycles. The van der Waals surface area contributed by atoms with Gasteiger partial charge in [0.05, 0.1) is 10.6 Å². The quantitative estimate of drug-likeness (QED) is 0.616. The molecule has 1 aromatic heterocycles. The Labute approximate surface area is 119 Å². The van der Waals surface area contributed by atoms with Crippen LogP contribution in [0.5, 0.6) is 0 Å². The molecule has 1 aromatic carbocycles. The summed E-state index contributed by atoms with van der Waals surface area (Å²) in [5.74, 6) is 0. The van der Waals surface area contributed by atoms with E-state index < -0.39 is 27.6 Å². The summed E-state index contributed by atoms with van der Waals surface area (Å²) in [4.78, 5) is 9.52. The van der Waals surface area contributed by atoms with Crippen LogP contribution in [0.1, 0.15) is 5.69 Å². The predicted molar refractivity (Wildman–Crippen MR) is 65.2 cm³/mol. The Balaban J connectivity index is 2.67. The Bertz CT molecular complexity index is 668. The minimum absolute atomic E-state index is 0.123. The molecule has 10 heteroatoms. The second-order valence-corrected chi connectivity index (χ2v) is 4.43. The van der Waals surface area contributed by atoms with E-state index in [-0.39, 0.29) is 5.69 Å². The average Bonchev–Trinajstić information content (AvgIpc) is 2.68. The smallest absolute Gasteiger partial charge is 0.258 e. The Morgan fingerprint density at radius 2 is 1.75 bits per heavy atom. The highest BCUT2D eigenvalue weighted by molar-refractivity contribution is 6.32. The van der Waals surface area contributed by atoms with Gasteiger partial charge in [0.1, 0.15) is 0 Å². The van der Waals surface area contributed by atoms with Crippen molar-refractivity contribution in [2.45, 2.75) is 6.18 Å². The molecule has 2 rings (SSSR count). The van der Waals surface area contributed by atoms with Gasteiger partial charge in [-0.3, -0.25) is 10.1 Å². The summed E-state index contributed by atoms with van der Waals surface area (Å²) in [6.07, 6.45) is -4.98. The van der Waals surface area contributed by atoms with Crippen molar-refractivity contribution < 1.29 is 18.1 Å². The van der Waals surface area contributed by atoms with Gasteiger partial charge in [-0.15, -0.1) is 0 Å². The first-order valence-electron chi connectivity index (χ1n) is 4.98. The van der Waals surface area contributed by atoms with E-state index in [9.17, 15) is 23.3 Å². The van der Waals surface area contributed by atoms with Crippen molar-refractivity contribution in [2.24, 2.45) is 0 Å². The molecule has 0 spiro atoms. The van der Waals surface area contributed by atoms with Gasteiger partial charge < -0.3 is 0 Å². The minimum Gasteiger partial charge on any atom is -0.258 e. The first-order chi connectivity index (χ1) is 9.21. The number of nitro groups is 1. The van der Waals surface area contributed by atoms with Crippen molar-refractivity contribution in [2.75, 3.05) is 0 Å². The summed E-state index contributed by atoms with van der Waals surface area (Å²) in [7, 11) is 0. The lowest BCUT2D eigenvalue weighted by Crippen LogP contribution is -2.09. The van der Waals surface area contributed by atoms with E-state index in [0.29, 0.717) is 9.70 Å². The number of nitrogens with zero attached hydrogens (tertiary/aromatic N) is 3. The predicted octanol–water partition coefficient (Wildman–Crippen LogP) is 4.11. The first-order valence-corrected chi connectivity index (χ1v) is 5.73. The lowest BCUT2D eigenvalue weighted by Gasteiger charge is -2.02. The van der Waals surface area contributed by atoms with Gasteiger partial charge in [0, 0.05) is 5.02 Å². The monoisotopic (exact) mass is 325 g/mol. The number of aromatic nitrogens is 2. The van der Waals surface area contributed by atoms with Gasteiger partial charge in [0.15, 0.2) is 0 Å². The number of hydrogen-bond donors (Lipinski definition) is 0. The third-order valence-corrected chi connectivity index (χ3v) is 2.92. The summed E-state index contributed by atoms with van der Waals surface area (Å²) in [6.45, 7) is 0. The van der Waals surface area contributed by atoms with Crippen LogP contribution in [0.15, 0.2) is 24.3 Å². The van der Waals surface area contributed by atoms with Gasteiger partial charge in [-0.25, -0.2) is 4.68 Å². The molecule has 20 heavy (non-hydrogen) atoms. The van der Waals surface area contributed by atoms with Crippen molar-refractivity contribution in [3.05, 3.63) is 50.2 Å². The summed E-state index contributed by atoms with van der Waals surface area (Å²) >= 11 is 11.3. The van der Waals surface area contributed by atoms with Gasteiger partial charge in [0.25, 0.3) is 0 Å². The fourth-order valence-electron chi connectivity index (χ4n) is 1.50. The molecule has 0 aliphatic heterocycles. The van der Waals surface area contributed by atoms with Crippen LogP contribution in [-0.4, -0.2) is 14.7 Å². The van der Waals surface area contributed by atoms with Gasteiger partial charge in [-0.2, -0.15) is 18.3 Å². The highest BCUT2D eigenvalue weighted by Crippen LogP contribution is 2.40. The molecule has 0 atom stereocenters. The van der Waals surface area contributed by atoms with Crippen LogP contribution < -0.4 is 0 Å². The molecule has 0 radical (unpaired) electrons. The Morgan fingerprint density at radius 1 is 1.20 bits per heavy atom. The summed E-state index contributed by atoms with van der Waals surface area (Å²) in [5, 5.41) is 13.5. The van der Waals surface area contributed by atoms with Crippen LogP contribution in [0, 0.1) is 10.1 Å². The van der Waals surface area contributed by atoms with Crippen molar-refractivity contribution in [3.8, 4) is 5.69 Å². The molecule has 1 heterocycles. The Kier molecular flexibility index (Phi) is 3.61. The number of halogens is 5. The number of hydrogen-bond acceptors (Lipinski definition) is 3. The maximum Gasteiger partial charge on any atom is 0.442 e. The van der Waals surface area contributed by atoms with E-state index in [4.69, 9.17) is 23.2 Å². The molecule has 0 amide bonds. The molecule has 106 valence electrons. The molecule has 0 saturated carbocycles. The number of rotatable bonds is 2. The normalized spacial score (nSPS) is 11.7. The SMILES string of the molecule is O=[N+]([O-])c1c(C(F)(F)F)nn(-c2ccc(Cl)cc2)c1Cl. The number of alkyl halides is 3. The highest BCUT2D eigenvalue weighted by Gasteiger charge is 2.45. The van der Waals surface area contributed by atoms with E-state index in [1.165, 1.54) is 24.3 Å². The molecule has 0 N–H and O–H groups in total. The highest BCUT2D eigenvalue weighted by atomic mass is 35.5. The van der Waals surface area contributed by atoms with Gasteiger partial charge in [-0.05, 0) is 24.3 Å². The third-order valence-electron chi connectivity index (χ3n) is 2.33. The fourth-order valence-corrected chi connectivity index (χ4v) is 1.92. The molecular weight excluding hydrogens is 322 g/mol. The van der Waals surface area contributed by atoms with E-state index in [0.717, 1.165) is 0 Å². The van der Waals surface area contributed by atoms with Gasteiger partial charge in [-0.1, -0.05) is 23.2 Å². The maximum absolute atomic E-state index is 12.7. The maximum atomic E-state index is 12.7. The molecule has 2 aromatic rings. The van der Waals surface area contributed by atoms with Crippen LogP contribution >= 0.6 is 23.2 Å². The average molecular weight is 326 g/mol. The molecule has 0 unspecified atom stereocenters. The second-order valence-electron chi connectivity index (χ2n) is 3.63. The lowest BCUT2D eigenvalue weighted by atomic mass is 10.3. The van der Waals surface area contributed by atoms with E-state index in [2.05, 4.69) is 5.10 Å². The molecule has 5 nitrogen and oxygen atoms in total. The first kappa shape index (κ1) is 14.6. The van der Waals surface area contributed by atoms with Crippen LogP contribution in [0.3, 0.4) is 0 Å². The van der Waals surface area contributed by atoms with Crippen LogP contribution in [-0.2, 0) is 6.18 Å². The van der Waals surface area contributed by atoms with Crippen molar-refractivity contribution in [1.82, 2.24) is 9.78 Å². The van der Waals surface area contributed by atoms with E-state index >= 15 is 0 Å². The Morgan fingerprint density at radius 3 is 2.15 bits per heavy atom. The second kappa shape index (κ2) is 4.95. The molecular formula is C10H4Cl2F3N3O2. The fraction of sp³-hybridized carbons (Fsp3) is 0.100. The van der Waals surface area contributed by atoms with Crippen LogP contribution in [0.2, 0.25) is 10.2 Å². The van der Waals surface area contributed by atoms with E-state index in [1.54, 1.807) is 0 Å². The summed E-state index contributed by atoms with van der Waals surface area (Å²) < 4.78 is 38.8. The van der Waals surface area contributed by atoms with Crippen molar-refractivity contribution >= 4 is 28.9 Å². The molecule has 0 bridgehead atoms. The largest absolute Gasteiger partial charge is 0.442 e. The third kappa shape index (κ3) is 2.56. The Hall–Kier alpha value is -1.80. The minimum atomic E-state index is -4.98. The zero-order valence-corrected chi connectivity index (χ0v) is 10.9. The zero-order valence-electron chi connectivity index (χ0n) is 9.36. The zero-order chi connectivity index (χ0) is 15.1. The van der Waals surface area contributed by atoms with Crippen molar-refractivity contribution in [1.29, 1.82) is 0 Å². The van der Waals surface area contributed by atoms with Crippen LogP contribution in [0.4, 0.5) is 18.9 Å². The topological polar surface area (TPSA) is 61.0 Å².